The molecule has 0 radical (unpaired) electrons. The largest absolute Gasteiger partial charge is 0.416 e. The SMILES string of the molecule is O=C(NCCc1ccc(C(F)(F)F)cc1)[C@H]1CCC[C@@H]1C(F)(F)F. The van der Waals surface area contributed by atoms with E-state index in [9.17, 15) is 31.1 Å². The number of benzene rings is 1. The Balaban J connectivity index is 1.84. The van der Waals surface area contributed by atoms with Crippen LogP contribution in [0.5, 0.6) is 0 Å². The van der Waals surface area contributed by atoms with Crippen LogP contribution < -0.4 is 5.32 Å². The van der Waals surface area contributed by atoms with Crippen LogP contribution >= 0.6 is 0 Å². The van der Waals surface area contributed by atoms with Crippen molar-refractivity contribution in [1.29, 1.82) is 0 Å². The highest BCUT2D eigenvalue weighted by molar-refractivity contribution is 5.79. The first kappa shape index (κ1) is 18.6. The third-order valence-corrected chi connectivity index (χ3v) is 4.27. The van der Waals surface area contributed by atoms with Crippen LogP contribution in [0.25, 0.3) is 0 Å². The predicted octanol–water partition coefficient (Wildman–Crippen LogP) is 4.34. The van der Waals surface area contributed by atoms with Crippen LogP contribution in [0.3, 0.4) is 0 Å². The molecule has 1 fully saturated rings. The van der Waals surface area contributed by atoms with Gasteiger partial charge in [-0.2, -0.15) is 26.3 Å². The van der Waals surface area contributed by atoms with E-state index in [1.807, 2.05) is 0 Å². The molecular formula is C16H17F6NO. The minimum Gasteiger partial charge on any atom is -0.356 e. The Bertz CT molecular complexity index is 563. The number of amides is 1. The van der Waals surface area contributed by atoms with Gasteiger partial charge in [0.05, 0.1) is 11.5 Å². The van der Waals surface area contributed by atoms with Gasteiger partial charge in [0, 0.05) is 12.5 Å². The van der Waals surface area contributed by atoms with Crippen molar-refractivity contribution in [2.45, 2.75) is 38.0 Å². The lowest BCUT2D eigenvalue weighted by atomic mass is 9.94. The number of rotatable bonds is 4. The zero-order valence-electron chi connectivity index (χ0n) is 12.7. The molecule has 0 aliphatic heterocycles. The average molecular weight is 353 g/mol. The first-order valence-corrected chi connectivity index (χ1v) is 7.59. The summed E-state index contributed by atoms with van der Waals surface area (Å²) in [5, 5.41) is 2.46. The molecule has 24 heavy (non-hydrogen) atoms. The maximum Gasteiger partial charge on any atom is 0.416 e. The molecule has 0 bridgehead atoms. The van der Waals surface area contributed by atoms with Crippen molar-refractivity contribution in [3.8, 4) is 0 Å². The minimum atomic E-state index is -4.41. The molecule has 2 nitrogen and oxygen atoms in total. The van der Waals surface area contributed by atoms with Gasteiger partial charge in [0.1, 0.15) is 0 Å². The summed E-state index contributed by atoms with van der Waals surface area (Å²) in [6, 6.07) is 4.47. The van der Waals surface area contributed by atoms with E-state index in [1.54, 1.807) is 0 Å². The van der Waals surface area contributed by atoms with Gasteiger partial charge in [-0.15, -0.1) is 0 Å². The first-order valence-electron chi connectivity index (χ1n) is 7.59. The fourth-order valence-corrected chi connectivity index (χ4v) is 2.99. The van der Waals surface area contributed by atoms with Gasteiger partial charge < -0.3 is 5.32 Å². The summed E-state index contributed by atoms with van der Waals surface area (Å²) in [6.45, 7) is 0.0886. The highest BCUT2D eigenvalue weighted by Gasteiger charge is 2.49. The number of alkyl halides is 6. The Morgan fingerprint density at radius 2 is 1.67 bits per heavy atom. The Labute approximate surface area is 135 Å². The average Bonchev–Trinajstić information content (AvgIpc) is 2.96. The van der Waals surface area contributed by atoms with E-state index in [2.05, 4.69) is 5.32 Å². The lowest BCUT2D eigenvalue weighted by Crippen LogP contribution is -2.38. The molecular weight excluding hydrogens is 336 g/mol. The number of nitrogens with one attached hydrogen (secondary N) is 1. The van der Waals surface area contributed by atoms with Crippen molar-refractivity contribution in [2.24, 2.45) is 11.8 Å². The summed E-state index contributed by atoms with van der Waals surface area (Å²) < 4.78 is 75.8. The van der Waals surface area contributed by atoms with Gasteiger partial charge in [-0.25, -0.2) is 0 Å². The summed E-state index contributed by atoms with van der Waals surface area (Å²) in [5.74, 6) is -3.32. The van der Waals surface area contributed by atoms with Crippen molar-refractivity contribution >= 4 is 5.91 Å². The first-order chi connectivity index (χ1) is 11.1. The Morgan fingerprint density at radius 3 is 2.21 bits per heavy atom. The maximum absolute atomic E-state index is 12.8. The Kier molecular flexibility index (Phi) is 5.45. The monoisotopic (exact) mass is 353 g/mol. The normalized spacial score (nSPS) is 21.8. The molecule has 1 amide bonds. The molecule has 1 aliphatic rings. The summed E-state index contributed by atoms with van der Waals surface area (Å²) in [4.78, 5) is 11.9. The molecule has 1 aliphatic carbocycles. The van der Waals surface area contributed by atoms with Crippen LogP contribution in [0.2, 0.25) is 0 Å². The molecule has 0 spiro atoms. The topological polar surface area (TPSA) is 29.1 Å². The second-order valence-electron chi connectivity index (χ2n) is 5.92. The van der Waals surface area contributed by atoms with E-state index in [4.69, 9.17) is 0 Å². The van der Waals surface area contributed by atoms with Gasteiger partial charge in [0.15, 0.2) is 0 Å². The number of carbonyl (C=O) groups excluding carboxylic acids is 1. The van der Waals surface area contributed by atoms with Gasteiger partial charge in [0.2, 0.25) is 5.91 Å². The van der Waals surface area contributed by atoms with E-state index in [0.29, 0.717) is 12.0 Å². The summed E-state index contributed by atoms with van der Waals surface area (Å²) in [7, 11) is 0. The van der Waals surface area contributed by atoms with Crippen molar-refractivity contribution in [1.82, 2.24) is 5.32 Å². The van der Waals surface area contributed by atoms with E-state index < -0.39 is 35.7 Å². The van der Waals surface area contributed by atoms with E-state index >= 15 is 0 Å². The van der Waals surface area contributed by atoms with Crippen LogP contribution in [0.4, 0.5) is 26.3 Å². The summed E-state index contributed by atoms with van der Waals surface area (Å²) in [6.07, 6.45) is -8.01. The highest BCUT2D eigenvalue weighted by atomic mass is 19.4. The number of hydrogen-bond acceptors (Lipinski definition) is 1. The van der Waals surface area contributed by atoms with E-state index in [-0.39, 0.29) is 25.8 Å². The molecule has 2 atom stereocenters. The fraction of sp³-hybridized carbons (Fsp3) is 0.562. The van der Waals surface area contributed by atoms with Gasteiger partial charge in [-0.1, -0.05) is 18.6 Å². The third kappa shape index (κ3) is 4.64. The van der Waals surface area contributed by atoms with Crippen LogP contribution in [0.15, 0.2) is 24.3 Å². The van der Waals surface area contributed by atoms with Crippen LogP contribution in [0, 0.1) is 11.8 Å². The number of carbonyl (C=O) groups is 1. The smallest absolute Gasteiger partial charge is 0.356 e. The molecule has 1 saturated carbocycles. The lowest BCUT2D eigenvalue weighted by molar-refractivity contribution is -0.186. The minimum absolute atomic E-state index is 0.0412. The summed E-state index contributed by atoms with van der Waals surface area (Å²) in [5.41, 5.74) is -0.198. The van der Waals surface area contributed by atoms with E-state index in [0.717, 1.165) is 12.1 Å². The molecule has 2 rings (SSSR count). The Hall–Kier alpha value is -1.73. The molecule has 1 aromatic rings. The van der Waals surface area contributed by atoms with Crippen molar-refractivity contribution in [3.05, 3.63) is 35.4 Å². The summed E-state index contributed by atoms with van der Waals surface area (Å²) >= 11 is 0. The number of hydrogen-bond donors (Lipinski definition) is 1. The van der Waals surface area contributed by atoms with Gasteiger partial charge in [-0.3, -0.25) is 4.79 Å². The standard InChI is InChI=1S/C16H17F6NO/c17-15(18,19)11-6-4-10(5-7-11)8-9-23-14(24)12-2-1-3-13(12)16(20,21)22/h4-7,12-13H,1-3,8-9H2,(H,23,24)/t12-,13-/m0/s1. The number of halogens is 6. The molecule has 134 valence electrons. The van der Waals surface area contributed by atoms with Crippen molar-refractivity contribution < 1.29 is 31.1 Å². The van der Waals surface area contributed by atoms with Gasteiger partial charge >= 0.3 is 12.4 Å². The maximum atomic E-state index is 12.8. The second-order valence-corrected chi connectivity index (χ2v) is 5.92. The van der Waals surface area contributed by atoms with Gasteiger partial charge in [-0.05, 0) is 37.0 Å². The third-order valence-electron chi connectivity index (χ3n) is 4.27. The Morgan fingerprint density at radius 1 is 1.04 bits per heavy atom. The van der Waals surface area contributed by atoms with Crippen LogP contribution in [-0.2, 0) is 17.4 Å². The molecule has 0 saturated heterocycles. The van der Waals surface area contributed by atoms with Gasteiger partial charge in [0.25, 0.3) is 0 Å². The zero-order valence-corrected chi connectivity index (χ0v) is 12.7. The second kappa shape index (κ2) is 7.03. The fourth-order valence-electron chi connectivity index (χ4n) is 2.99. The van der Waals surface area contributed by atoms with E-state index in [1.165, 1.54) is 12.1 Å². The van der Waals surface area contributed by atoms with Crippen molar-refractivity contribution in [3.63, 3.8) is 0 Å². The predicted molar refractivity (Wildman–Crippen MR) is 75.0 cm³/mol. The molecule has 0 heterocycles. The molecule has 8 heteroatoms. The van der Waals surface area contributed by atoms with Crippen LogP contribution in [-0.4, -0.2) is 18.6 Å². The zero-order chi connectivity index (χ0) is 18.0. The molecule has 1 N–H and O–H groups in total. The highest BCUT2D eigenvalue weighted by Crippen LogP contribution is 2.43. The van der Waals surface area contributed by atoms with Crippen molar-refractivity contribution in [2.75, 3.05) is 6.54 Å². The molecule has 0 unspecified atom stereocenters. The lowest BCUT2D eigenvalue weighted by Gasteiger charge is -2.21. The quantitative estimate of drug-likeness (QED) is 0.802. The molecule has 0 aromatic heterocycles. The van der Waals surface area contributed by atoms with Crippen LogP contribution in [0.1, 0.15) is 30.4 Å². The molecule has 1 aromatic carbocycles.